The van der Waals surface area contributed by atoms with Crippen LogP contribution in [0.5, 0.6) is 0 Å². The maximum atomic E-state index is 13.7. The van der Waals surface area contributed by atoms with E-state index >= 15 is 0 Å². The number of carbonyl (C=O) groups is 1. The molecule has 0 aromatic heterocycles. The molecule has 1 amide bonds. The maximum absolute atomic E-state index is 13.7. The van der Waals surface area contributed by atoms with Crippen LogP contribution in [0.25, 0.3) is 0 Å². The van der Waals surface area contributed by atoms with Crippen molar-refractivity contribution in [3.63, 3.8) is 0 Å². The predicted molar refractivity (Wildman–Crippen MR) is 131 cm³/mol. The summed E-state index contributed by atoms with van der Waals surface area (Å²) in [6, 6.07) is 11.3. The fourth-order valence-electron chi connectivity index (χ4n) is 6.63. The molecule has 4 rings (SSSR count). The van der Waals surface area contributed by atoms with E-state index in [1.165, 1.54) is 18.4 Å². The van der Waals surface area contributed by atoms with Crippen LogP contribution in [0.3, 0.4) is 0 Å². The summed E-state index contributed by atoms with van der Waals surface area (Å²) in [6.07, 6.45) is 3.28. The number of amides is 1. The Labute approximate surface area is 195 Å². The van der Waals surface area contributed by atoms with Crippen molar-refractivity contribution in [1.29, 1.82) is 0 Å². The summed E-state index contributed by atoms with van der Waals surface area (Å²) in [5.41, 5.74) is 0.822. The second-order valence-electron chi connectivity index (χ2n) is 12.2. The van der Waals surface area contributed by atoms with E-state index in [-0.39, 0.29) is 17.7 Å². The topological polar surface area (TPSA) is 42.0 Å². The number of hydrogen-bond donors (Lipinski definition) is 0. The monoisotopic (exact) mass is 458 g/mol. The first kappa shape index (κ1) is 23.8. The summed E-state index contributed by atoms with van der Waals surface area (Å²) >= 11 is 0. The molecule has 0 unspecified atom stereocenters. The predicted octanol–water partition coefficient (Wildman–Crippen LogP) is 5.48. The van der Waals surface area contributed by atoms with Gasteiger partial charge in [-0.25, -0.2) is 4.79 Å². The second-order valence-corrected chi connectivity index (χ2v) is 17.6. The largest absolute Gasteiger partial charge is 0.444 e. The Bertz CT molecular complexity index is 804. The Hall–Kier alpha value is -1.37. The van der Waals surface area contributed by atoms with E-state index in [2.05, 4.69) is 68.7 Å². The van der Waals surface area contributed by atoms with E-state index in [1.807, 2.05) is 18.7 Å². The van der Waals surface area contributed by atoms with Crippen molar-refractivity contribution in [2.24, 2.45) is 5.92 Å². The van der Waals surface area contributed by atoms with Crippen LogP contribution in [0.2, 0.25) is 19.6 Å². The Morgan fingerprint density at radius 2 is 1.81 bits per heavy atom. The van der Waals surface area contributed by atoms with E-state index in [4.69, 9.17) is 9.47 Å². The van der Waals surface area contributed by atoms with E-state index in [1.54, 1.807) is 0 Å². The highest BCUT2D eigenvalue weighted by Gasteiger charge is 2.54. The minimum atomic E-state index is -1.59. The van der Waals surface area contributed by atoms with Gasteiger partial charge in [0.25, 0.3) is 0 Å². The molecule has 1 aromatic carbocycles. The molecule has 3 aliphatic heterocycles. The van der Waals surface area contributed by atoms with Gasteiger partial charge in [0.2, 0.25) is 0 Å². The zero-order chi connectivity index (χ0) is 23.3. The number of nitrogens with zero attached hydrogens (tertiary/aromatic N) is 2. The number of piperidine rings is 1. The number of fused-ring (bicyclic) bond motifs is 1. The van der Waals surface area contributed by atoms with Crippen molar-refractivity contribution >= 4 is 14.2 Å². The zero-order valence-corrected chi connectivity index (χ0v) is 22.1. The highest BCUT2D eigenvalue weighted by molar-refractivity contribution is 6.77. The lowest BCUT2D eigenvalue weighted by Crippen LogP contribution is -2.55. The fraction of sp³-hybridized carbons (Fsp3) is 0.731. The van der Waals surface area contributed by atoms with Gasteiger partial charge in [0, 0.05) is 18.5 Å². The lowest BCUT2D eigenvalue weighted by Gasteiger charge is -2.41. The van der Waals surface area contributed by atoms with Gasteiger partial charge in [-0.05, 0) is 58.2 Å². The summed E-state index contributed by atoms with van der Waals surface area (Å²) in [7, 11) is -1.59. The SMILES string of the molecule is CC1(C)COC(C)(C)N1C(=O)O[C@H]1[C@H]([C@@H](c2ccccc2)[Si](C)(C)C)CN2CCCC[C@H]12. The molecule has 3 saturated heterocycles. The summed E-state index contributed by atoms with van der Waals surface area (Å²) in [5.74, 6) is 0.325. The zero-order valence-electron chi connectivity index (χ0n) is 21.1. The molecule has 0 radical (unpaired) electrons. The molecule has 3 fully saturated rings. The van der Waals surface area contributed by atoms with Gasteiger partial charge in [-0.1, -0.05) is 56.4 Å². The Morgan fingerprint density at radius 1 is 1.12 bits per heavy atom. The van der Waals surface area contributed by atoms with Crippen LogP contribution >= 0.6 is 0 Å². The average Bonchev–Trinajstić information content (AvgIpc) is 3.15. The molecular formula is C26H42N2O3Si. The van der Waals surface area contributed by atoms with Gasteiger partial charge in [0.05, 0.1) is 20.2 Å². The molecule has 0 bridgehead atoms. The highest BCUT2D eigenvalue weighted by atomic mass is 28.3. The minimum Gasteiger partial charge on any atom is -0.444 e. The third-order valence-corrected chi connectivity index (χ3v) is 10.4. The summed E-state index contributed by atoms with van der Waals surface area (Å²) in [6.45, 7) is 18.1. The lowest BCUT2D eigenvalue weighted by atomic mass is 9.91. The van der Waals surface area contributed by atoms with Crippen LogP contribution < -0.4 is 0 Å². The molecule has 1 aromatic rings. The van der Waals surface area contributed by atoms with Crippen molar-refractivity contribution in [2.45, 2.75) is 95.5 Å². The molecule has 0 spiro atoms. The average molecular weight is 459 g/mol. The second kappa shape index (κ2) is 8.44. The van der Waals surface area contributed by atoms with E-state index in [9.17, 15) is 4.79 Å². The third-order valence-electron chi connectivity index (χ3n) is 7.77. The smallest absolute Gasteiger partial charge is 0.412 e. The van der Waals surface area contributed by atoms with Crippen molar-refractivity contribution in [1.82, 2.24) is 9.80 Å². The molecule has 0 aliphatic carbocycles. The van der Waals surface area contributed by atoms with Crippen molar-refractivity contribution in [2.75, 3.05) is 19.7 Å². The summed E-state index contributed by atoms with van der Waals surface area (Å²) in [5, 5.41) is 0. The van der Waals surface area contributed by atoms with Crippen molar-refractivity contribution < 1.29 is 14.3 Å². The van der Waals surface area contributed by atoms with E-state index in [0.29, 0.717) is 24.1 Å². The molecule has 3 heterocycles. The number of ether oxygens (including phenoxy) is 2. The first-order valence-electron chi connectivity index (χ1n) is 12.4. The first-order valence-corrected chi connectivity index (χ1v) is 15.9. The van der Waals surface area contributed by atoms with Gasteiger partial charge in [0.15, 0.2) is 0 Å². The molecule has 0 N–H and O–H groups in total. The quantitative estimate of drug-likeness (QED) is 0.560. The van der Waals surface area contributed by atoms with E-state index in [0.717, 1.165) is 19.5 Å². The standard InChI is InChI=1S/C26H42N2O3Si/c1-25(2)18-30-26(3,4)28(25)24(29)31-22-20(17-27-16-12-11-15-21(22)27)23(32(5,6)7)19-13-9-8-10-14-19/h8-10,13-14,20-23H,11-12,15-18H2,1-7H3/t20-,21-,22+,23-/m1/s1. The molecule has 3 aliphatic rings. The molecule has 178 valence electrons. The first-order chi connectivity index (χ1) is 14.9. The van der Waals surface area contributed by atoms with Gasteiger partial charge in [-0.3, -0.25) is 9.80 Å². The van der Waals surface area contributed by atoms with Crippen LogP contribution in [0, 0.1) is 5.92 Å². The van der Waals surface area contributed by atoms with Gasteiger partial charge >= 0.3 is 6.09 Å². The van der Waals surface area contributed by atoms with Gasteiger partial charge in [-0.15, -0.1) is 0 Å². The Balaban J connectivity index is 1.68. The Morgan fingerprint density at radius 3 is 2.41 bits per heavy atom. The molecule has 5 nitrogen and oxygen atoms in total. The lowest BCUT2D eigenvalue weighted by molar-refractivity contribution is -0.0651. The highest BCUT2D eigenvalue weighted by Crippen LogP contribution is 2.45. The number of hydrogen-bond acceptors (Lipinski definition) is 4. The molecule has 0 saturated carbocycles. The van der Waals surface area contributed by atoms with Crippen LogP contribution in [0.15, 0.2) is 30.3 Å². The van der Waals surface area contributed by atoms with Gasteiger partial charge in [-0.2, -0.15) is 0 Å². The van der Waals surface area contributed by atoms with E-state index < -0.39 is 13.8 Å². The van der Waals surface area contributed by atoms with Crippen LogP contribution in [-0.4, -0.2) is 67.1 Å². The number of benzene rings is 1. The minimum absolute atomic E-state index is 0.0769. The number of carbonyl (C=O) groups excluding carboxylic acids is 1. The van der Waals surface area contributed by atoms with Crippen molar-refractivity contribution in [3.8, 4) is 0 Å². The third kappa shape index (κ3) is 4.38. The summed E-state index contributed by atoms with van der Waals surface area (Å²) < 4.78 is 12.5. The normalized spacial score (nSPS) is 30.7. The van der Waals surface area contributed by atoms with Crippen LogP contribution in [0.1, 0.15) is 58.1 Å². The number of rotatable bonds is 4. The fourth-order valence-corrected chi connectivity index (χ4v) is 9.41. The van der Waals surface area contributed by atoms with Crippen molar-refractivity contribution in [3.05, 3.63) is 35.9 Å². The van der Waals surface area contributed by atoms with Crippen LogP contribution in [0.4, 0.5) is 4.79 Å². The van der Waals surface area contributed by atoms with Gasteiger partial charge in [0.1, 0.15) is 11.8 Å². The molecule has 32 heavy (non-hydrogen) atoms. The Kier molecular flexibility index (Phi) is 6.27. The summed E-state index contributed by atoms with van der Waals surface area (Å²) in [4.78, 5) is 18.1. The van der Waals surface area contributed by atoms with Gasteiger partial charge < -0.3 is 9.47 Å². The molecule has 4 atom stereocenters. The molecule has 6 heteroatoms. The molecular weight excluding hydrogens is 416 g/mol. The van der Waals surface area contributed by atoms with Crippen LogP contribution in [-0.2, 0) is 9.47 Å². The maximum Gasteiger partial charge on any atom is 0.412 e.